The second-order valence-corrected chi connectivity index (χ2v) is 6.36. The third-order valence-electron chi connectivity index (χ3n) is 3.48. The Morgan fingerprint density at radius 2 is 2.12 bits per heavy atom. The van der Waals surface area contributed by atoms with Gasteiger partial charge >= 0.3 is 0 Å². The molecule has 0 aliphatic carbocycles. The number of azo groups is 1. The first-order valence-electron chi connectivity index (χ1n) is 7.21. The van der Waals surface area contributed by atoms with Gasteiger partial charge in [-0.05, 0) is 24.6 Å². The van der Waals surface area contributed by atoms with Gasteiger partial charge in [-0.25, -0.2) is 9.97 Å². The van der Waals surface area contributed by atoms with Gasteiger partial charge in [0.25, 0.3) is 0 Å². The minimum Gasteiger partial charge on any atom is -0.493 e. The number of aromatic hydroxyl groups is 1. The van der Waals surface area contributed by atoms with Crippen molar-refractivity contribution in [3.05, 3.63) is 34.2 Å². The average molecular weight is 410 g/mol. The lowest BCUT2D eigenvalue weighted by atomic mass is 10.2. The summed E-state index contributed by atoms with van der Waals surface area (Å²) < 4.78 is 2.68. The zero-order valence-corrected chi connectivity index (χ0v) is 15.1. The summed E-state index contributed by atoms with van der Waals surface area (Å²) >= 11 is 9.29. The van der Waals surface area contributed by atoms with Crippen LogP contribution in [0.3, 0.4) is 0 Å². The largest absolute Gasteiger partial charge is 0.493 e. The molecule has 0 saturated heterocycles. The molecular formula is C15H14BrClN6O. The number of hydrogen-bond donors (Lipinski definition) is 2. The Balaban J connectivity index is 2.15. The molecule has 0 spiro atoms. The number of nitrogen functional groups attached to an aromatic ring is 1. The predicted octanol–water partition coefficient (Wildman–Crippen LogP) is 4.96. The lowest BCUT2D eigenvalue weighted by molar-refractivity contribution is 0.421. The van der Waals surface area contributed by atoms with Crippen molar-refractivity contribution in [3.8, 4) is 5.88 Å². The van der Waals surface area contributed by atoms with Crippen LogP contribution in [-0.2, 0) is 6.54 Å². The smallest absolute Gasteiger partial charge is 0.220 e. The summed E-state index contributed by atoms with van der Waals surface area (Å²) in [5.74, 6) is 0.202. The zero-order valence-electron chi connectivity index (χ0n) is 12.7. The highest BCUT2D eigenvalue weighted by Gasteiger charge is 2.17. The first kappa shape index (κ1) is 16.7. The summed E-state index contributed by atoms with van der Waals surface area (Å²) in [5.41, 5.74) is 7.16. The van der Waals surface area contributed by atoms with Crippen LogP contribution >= 0.6 is 27.5 Å². The lowest BCUT2D eigenvalue weighted by Gasteiger charge is -2.04. The quantitative estimate of drug-likeness (QED) is 0.469. The highest BCUT2D eigenvalue weighted by atomic mass is 79.9. The van der Waals surface area contributed by atoms with Gasteiger partial charge in [0.05, 0.1) is 5.52 Å². The molecule has 2 aromatic heterocycles. The summed E-state index contributed by atoms with van der Waals surface area (Å²) in [4.78, 5) is 7.72. The normalized spacial score (nSPS) is 11.6. The van der Waals surface area contributed by atoms with Gasteiger partial charge in [0, 0.05) is 16.4 Å². The molecule has 0 radical (unpaired) electrons. The van der Waals surface area contributed by atoms with Crippen LogP contribution in [0, 0.1) is 0 Å². The van der Waals surface area contributed by atoms with Crippen LogP contribution in [0.5, 0.6) is 5.88 Å². The Morgan fingerprint density at radius 3 is 2.88 bits per heavy atom. The van der Waals surface area contributed by atoms with E-state index in [1.54, 1.807) is 4.57 Å². The maximum absolute atomic E-state index is 10.5. The molecular weight excluding hydrogens is 396 g/mol. The SMILES string of the molecule is CCCn1c(O)c(N=Nc2ncnc(Cl)c2N)c2cc(Br)ccc21. The fraction of sp³-hybridized carbons (Fsp3) is 0.200. The van der Waals surface area contributed by atoms with Gasteiger partial charge in [-0.1, -0.05) is 34.5 Å². The Hall–Kier alpha value is -2.19. The second kappa shape index (κ2) is 6.74. The van der Waals surface area contributed by atoms with E-state index in [9.17, 15) is 5.11 Å². The molecule has 24 heavy (non-hydrogen) atoms. The van der Waals surface area contributed by atoms with E-state index in [2.05, 4.69) is 36.1 Å². The van der Waals surface area contributed by atoms with E-state index in [0.717, 1.165) is 21.8 Å². The van der Waals surface area contributed by atoms with Gasteiger partial charge in [-0.15, -0.1) is 10.2 Å². The molecule has 3 aromatic rings. The van der Waals surface area contributed by atoms with Crippen LogP contribution in [0.4, 0.5) is 17.2 Å². The maximum Gasteiger partial charge on any atom is 0.220 e. The number of rotatable bonds is 4. The third-order valence-corrected chi connectivity index (χ3v) is 4.27. The van der Waals surface area contributed by atoms with E-state index in [0.29, 0.717) is 12.2 Å². The Morgan fingerprint density at radius 1 is 1.33 bits per heavy atom. The molecule has 9 heteroatoms. The average Bonchev–Trinajstić information content (AvgIpc) is 2.81. The predicted molar refractivity (Wildman–Crippen MR) is 97.2 cm³/mol. The molecule has 0 bridgehead atoms. The second-order valence-electron chi connectivity index (χ2n) is 5.09. The standard InChI is InChI=1S/C15H14BrClN6O/c1-2-5-23-10-4-3-8(16)6-9(10)12(15(23)24)21-22-14-11(18)13(17)19-7-20-14/h3-4,6-7,24H,2,5,18H2,1H3. The van der Waals surface area contributed by atoms with Gasteiger partial charge in [0.2, 0.25) is 11.7 Å². The number of nitrogens with zero attached hydrogens (tertiary/aromatic N) is 5. The molecule has 3 rings (SSSR count). The number of halogens is 2. The van der Waals surface area contributed by atoms with Crippen LogP contribution in [0.2, 0.25) is 5.15 Å². The van der Waals surface area contributed by atoms with Crippen molar-refractivity contribution in [2.24, 2.45) is 10.2 Å². The summed E-state index contributed by atoms with van der Waals surface area (Å²) in [6, 6.07) is 5.71. The maximum atomic E-state index is 10.5. The van der Waals surface area contributed by atoms with E-state index in [1.165, 1.54) is 6.33 Å². The molecule has 0 atom stereocenters. The van der Waals surface area contributed by atoms with Crippen molar-refractivity contribution < 1.29 is 5.11 Å². The van der Waals surface area contributed by atoms with Crippen LogP contribution < -0.4 is 5.73 Å². The van der Waals surface area contributed by atoms with E-state index < -0.39 is 0 Å². The minimum atomic E-state index is 0.0485. The topological polar surface area (TPSA) is 102 Å². The van der Waals surface area contributed by atoms with Crippen molar-refractivity contribution in [3.63, 3.8) is 0 Å². The van der Waals surface area contributed by atoms with Crippen molar-refractivity contribution in [2.45, 2.75) is 19.9 Å². The van der Waals surface area contributed by atoms with Crippen LogP contribution in [-0.4, -0.2) is 19.6 Å². The third kappa shape index (κ3) is 2.94. The Kier molecular flexibility index (Phi) is 4.68. The van der Waals surface area contributed by atoms with E-state index in [-0.39, 0.29) is 22.5 Å². The molecule has 0 saturated carbocycles. The number of anilines is 1. The van der Waals surface area contributed by atoms with Gasteiger partial charge in [-0.3, -0.25) is 0 Å². The molecule has 2 heterocycles. The minimum absolute atomic E-state index is 0.0485. The fourth-order valence-corrected chi connectivity index (χ4v) is 2.88. The monoisotopic (exact) mass is 408 g/mol. The summed E-state index contributed by atoms with van der Waals surface area (Å²) in [7, 11) is 0. The number of nitrogens with two attached hydrogens (primary N) is 1. The number of aromatic nitrogens is 3. The molecule has 1 aromatic carbocycles. The highest BCUT2D eigenvalue weighted by molar-refractivity contribution is 9.10. The van der Waals surface area contributed by atoms with Crippen molar-refractivity contribution >= 4 is 55.6 Å². The van der Waals surface area contributed by atoms with Crippen LogP contribution in [0.25, 0.3) is 10.9 Å². The number of benzene rings is 1. The Bertz CT molecular complexity index is 939. The first-order valence-corrected chi connectivity index (χ1v) is 8.38. The molecule has 0 aliphatic rings. The van der Waals surface area contributed by atoms with E-state index in [1.807, 2.05) is 25.1 Å². The summed E-state index contributed by atoms with van der Waals surface area (Å²) in [5, 5.41) is 19.6. The van der Waals surface area contributed by atoms with Gasteiger partial charge in [-0.2, -0.15) is 0 Å². The molecule has 0 aliphatic heterocycles. The Labute approximate surface area is 151 Å². The summed E-state index contributed by atoms with van der Waals surface area (Å²) in [6.07, 6.45) is 2.13. The van der Waals surface area contributed by atoms with E-state index in [4.69, 9.17) is 17.3 Å². The van der Waals surface area contributed by atoms with Gasteiger partial charge in [0.15, 0.2) is 10.8 Å². The van der Waals surface area contributed by atoms with Crippen LogP contribution in [0.1, 0.15) is 13.3 Å². The van der Waals surface area contributed by atoms with Crippen molar-refractivity contribution in [1.82, 2.24) is 14.5 Å². The number of hydrogen-bond acceptors (Lipinski definition) is 6. The number of aryl methyl sites for hydroxylation is 1. The zero-order chi connectivity index (χ0) is 17.3. The first-order chi connectivity index (χ1) is 11.5. The fourth-order valence-electron chi connectivity index (χ4n) is 2.39. The summed E-state index contributed by atoms with van der Waals surface area (Å²) in [6.45, 7) is 2.70. The van der Waals surface area contributed by atoms with E-state index >= 15 is 0 Å². The molecule has 7 nitrogen and oxygen atoms in total. The molecule has 0 fully saturated rings. The molecule has 3 N–H and O–H groups in total. The highest BCUT2D eigenvalue weighted by Crippen LogP contribution is 2.41. The van der Waals surface area contributed by atoms with Crippen molar-refractivity contribution in [1.29, 1.82) is 0 Å². The van der Waals surface area contributed by atoms with Crippen LogP contribution in [0.15, 0.2) is 39.2 Å². The van der Waals surface area contributed by atoms with Gasteiger partial charge in [0.1, 0.15) is 12.0 Å². The molecule has 0 amide bonds. The van der Waals surface area contributed by atoms with Crippen molar-refractivity contribution in [2.75, 3.05) is 5.73 Å². The van der Waals surface area contributed by atoms with Gasteiger partial charge < -0.3 is 15.4 Å². The lowest BCUT2D eigenvalue weighted by Crippen LogP contribution is -1.94. The molecule has 0 unspecified atom stereocenters. The molecule has 124 valence electrons. The number of fused-ring (bicyclic) bond motifs is 1.